The molecule has 1 N–H and O–H groups in total. The highest BCUT2D eigenvalue weighted by Crippen LogP contribution is 2.29. The first kappa shape index (κ1) is 16.7. The molecule has 3 aromatic rings. The van der Waals surface area contributed by atoms with Crippen molar-refractivity contribution in [3.8, 4) is 5.75 Å². The molecule has 2 nitrogen and oxygen atoms in total. The topological polar surface area (TPSA) is 33.1 Å². The maximum atomic E-state index is 14.2. The second kappa shape index (κ2) is 7.61. The average molecular weight is 325 g/mol. The van der Waals surface area contributed by atoms with E-state index in [-0.39, 0.29) is 5.75 Å². The van der Waals surface area contributed by atoms with Crippen molar-refractivity contribution in [3.63, 3.8) is 0 Å². The molecule has 0 saturated carbocycles. The van der Waals surface area contributed by atoms with Crippen LogP contribution in [0.4, 0.5) is 4.39 Å². The van der Waals surface area contributed by atoms with Crippen molar-refractivity contribution >= 4 is 21.7 Å². The maximum Gasteiger partial charge on any atom is 0.221 e. The fourth-order valence-electron chi connectivity index (χ4n) is 3.27. The van der Waals surface area contributed by atoms with E-state index in [9.17, 15) is 9.50 Å². The molecule has 0 radical (unpaired) electrons. The molecule has 0 spiro atoms. The summed E-state index contributed by atoms with van der Waals surface area (Å²) in [4.78, 5) is 4.10. The Morgan fingerprint density at radius 1 is 0.875 bits per heavy atom. The molecule has 0 bridgehead atoms. The summed E-state index contributed by atoms with van der Waals surface area (Å²) in [6, 6.07) is 10.9. The molecule has 0 amide bonds. The van der Waals surface area contributed by atoms with Gasteiger partial charge in [-0.15, -0.1) is 0 Å². The summed E-state index contributed by atoms with van der Waals surface area (Å²) >= 11 is 0. The molecule has 126 valence electrons. The van der Waals surface area contributed by atoms with Gasteiger partial charge in [-0.05, 0) is 48.1 Å². The Morgan fingerprint density at radius 3 is 2.46 bits per heavy atom. The van der Waals surface area contributed by atoms with Crippen LogP contribution in [0.1, 0.15) is 51.0 Å². The van der Waals surface area contributed by atoms with Crippen LogP contribution in [0.15, 0.2) is 36.4 Å². The number of phenolic OH excluding ortho intramolecular Hbond substituents is 1. The Hall–Kier alpha value is -2.16. The molecule has 0 aliphatic carbocycles. The van der Waals surface area contributed by atoms with E-state index in [1.165, 1.54) is 50.2 Å². The van der Waals surface area contributed by atoms with Gasteiger partial charge >= 0.3 is 0 Å². The number of aryl methyl sites for hydroxylation is 1. The molecule has 3 heteroatoms. The van der Waals surface area contributed by atoms with Crippen molar-refractivity contribution in [1.29, 1.82) is 0 Å². The van der Waals surface area contributed by atoms with Gasteiger partial charge < -0.3 is 5.11 Å². The standard InChI is InChI=1S/C21H24FNO/c1-2-3-4-5-6-7-8-15-9-11-18-17-12-10-16(24)14-19(17)21(22)23-20(18)13-15/h9-14,24H,2-8H2,1H3. The summed E-state index contributed by atoms with van der Waals surface area (Å²) in [6.07, 6.45) is 8.63. The SMILES string of the molecule is CCCCCCCCc1ccc2c(c1)nc(F)c1cc(O)ccc12. The minimum Gasteiger partial charge on any atom is -0.508 e. The first-order chi connectivity index (χ1) is 11.7. The Bertz CT molecular complexity index is 844. The van der Waals surface area contributed by atoms with E-state index in [4.69, 9.17) is 0 Å². The summed E-state index contributed by atoms with van der Waals surface area (Å²) < 4.78 is 14.2. The maximum absolute atomic E-state index is 14.2. The number of aromatic nitrogens is 1. The summed E-state index contributed by atoms with van der Waals surface area (Å²) in [7, 11) is 0. The average Bonchev–Trinajstić information content (AvgIpc) is 2.58. The molecule has 1 aromatic heterocycles. The van der Waals surface area contributed by atoms with Crippen LogP contribution >= 0.6 is 0 Å². The number of rotatable bonds is 7. The quantitative estimate of drug-likeness (QED) is 0.322. The third kappa shape index (κ3) is 3.66. The number of aromatic hydroxyl groups is 1. The van der Waals surface area contributed by atoms with Crippen LogP contribution in [0.25, 0.3) is 21.7 Å². The number of phenols is 1. The van der Waals surface area contributed by atoms with E-state index >= 15 is 0 Å². The summed E-state index contributed by atoms with van der Waals surface area (Å²) in [6.45, 7) is 2.23. The summed E-state index contributed by atoms with van der Waals surface area (Å²) in [5.41, 5.74) is 1.90. The molecule has 1 heterocycles. The fourth-order valence-corrected chi connectivity index (χ4v) is 3.27. The van der Waals surface area contributed by atoms with Crippen LogP contribution in [0.3, 0.4) is 0 Å². The van der Waals surface area contributed by atoms with E-state index in [0.29, 0.717) is 10.9 Å². The number of hydrogen-bond acceptors (Lipinski definition) is 2. The Labute approximate surface area is 142 Å². The minimum atomic E-state index is -0.523. The zero-order valence-electron chi connectivity index (χ0n) is 14.2. The van der Waals surface area contributed by atoms with Gasteiger partial charge in [0.05, 0.1) is 5.52 Å². The highest BCUT2D eigenvalue weighted by molar-refractivity contribution is 6.06. The number of benzene rings is 2. The van der Waals surface area contributed by atoms with Gasteiger partial charge in [0.15, 0.2) is 0 Å². The van der Waals surface area contributed by atoms with Gasteiger partial charge in [0.1, 0.15) is 5.75 Å². The van der Waals surface area contributed by atoms with E-state index in [1.54, 1.807) is 12.1 Å². The number of nitrogens with zero attached hydrogens (tertiary/aromatic N) is 1. The van der Waals surface area contributed by atoms with Gasteiger partial charge in [0.25, 0.3) is 0 Å². The molecule has 0 atom stereocenters. The molecule has 0 aliphatic rings. The van der Waals surface area contributed by atoms with Gasteiger partial charge in [-0.1, -0.05) is 51.2 Å². The van der Waals surface area contributed by atoms with Gasteiger partial charge in [0, 0.05) is 10.8 Å². The van der Waals surface area contributed by atoms with Crippen molar-refractivity contribution in [2.45, 2.75) is 51.9 Å². The van der Waals surface area contributed by atoms with Crippen molar-refractivity contribution in [2.24, 2.45) is 0 Å². The number of unbranched alkanes of at least 4 members (excludes halogenated alkanes) is 5. The van der Waals surface area contributed by atoms with Gasteiger partial charge in [0.2, 0.25) is 5.95 Å². The lowest BCUT2D eigenvalue weighted by atomic mass is 10.0. The first-order valence-electron chi connectivity index (χ1n) is 8.90. The van der Waals surface area contributed by atoms with Gasteiger partial charge in [-0.25, -0.2) is 4.98 Å². The van der Waals surface area contributed by atoms with E-state index < -0.39 is 5.95 Å². The lowest BCUT2D eigenvalue weighted by molar-refractivity contribution is 0.475. The van der Waals surface area contributed by atoms with E-state index in [2.05, 4.69) is 18.0 Å². The largest absolute Gasteiger partial charge is 0.508 e. The lowest BCUT2D eigenvalue weighted by Crippen LogP contribution is -1.92. The van der Waals surface area contributed by atoms with Gasteiger partial charge in [-0.3, -0.25) is 0 Å². The molecule has 24 heavy (non-hydrogen) atoms. The molecule has 3 rings (SSSR count). The third-order valence-corrected chi connectivity index (χ3v) is 4.62. The highest BCUT2D eigenvalue weighted by Gasteiger charge is 2.09. The third-order valence-electron chi connectivity index (χ3n) is 4.62. The number of pyridine rings is 1. The van der Waals surface area contributed by atoms with Crippen LogP contribution < -0.4 is 0 Å². The zero-order valence-corrected chi connectivity index (χ0v) is 14.2. The van der Waals surface area contributed by atoms with Crippen LogP contribution in [0.5, 0.6) is 5.75 Å². The minimum absolute atomic E-state index is 0.0576. The van der Waals surface area contributed by atoms with E-state index in [0.717, 1.165) is 17.2 Å². The predicted molar refractivity (Wildman–Crippen MR) is 98.0 cm³/mol. The van der Waals surface area contributed by atoms with Crippen molar-refractivity contribution in [1.82, 2.24) is 4.98 Å². The van der Waals surface area contributed by atoms with Crippen LogP contribution in [0.2, 0.25) is 0 Å². The van der Waals surface area contributed by atoms with Crippen LogP contribution in [-0.4, -0.2) is 10.1 Å². The monoisotopic (exact) mass is 325 g/mol. The first-order valence-corrected chi connectivity index (χ1v) is 8.90. The van der Waals surface area contributed by atoms with Crippen molar-refractivity contribution in [2.75, 3.05) is 0 Å². The summed E-state index contributed by atoms with van der Waals surface area (Å²) in [5, 5.41) is 11.6. The van der Waals surface area contributed by atoms with Crippen molar-refractivity contribution in [3.05, 3.63) is 47.9 Å². The second-order valence-electron chi connectivity index (χ2n) is 6.50. The Balaban J connectivity index is 1.79. The highest BCUT2D eigenvalue weighted by atomic mass is 19.1. The summed E-state index contributed by atoms with van der Waals surface area (Å²) in [5.74, 6) is -0.465. The molecule has 2 aromatic carbocycles. The molecule has 0 saturated heterocycles. The molecule has 0 aliphatic heterocycles. The van der Waals surface area contributed by atoms with Gasteiger partial charge in [-0.2, -0.15) is 4.39 Å². The molecule has 0 fully saturated rings. The molecule has 0 unspecified atom stereocenters. The zero-order chi connectivity index (χ0) is 16.9. The fraction of sp³-hybridized carbons (Fsp3) is 0.381. The Kier molecular flexibility index (Phi) is 5.29. The van der Waals surface area contributed by atoms with Crippen molar-refractivity contribution < 1.29 is 9.50 Å². The number of fused-ring (bicyclic) bond motifs is 3. The molecular weight excluding hydrogens is 301 g/mol. The Morgan fingerprint density at radius 2 is 1.62 bits per heavy atom. The van der Waals surface area contributed by atoms with Crippen LogP contribution in [0, 0.1) is 5.95 Å². The second-order valence-corrected chi connectivity index (χ2v) is 6.50. The smallest absolute Gasteiger partial charge is 0.221 e. The predicted octanol–water partition coefficient (Wildman–Crippen LogP) is 6.14. The number of hydrogen-bond donors (Lipinski definition) is 1. The normalized spacial score (nSPS) is 11.4. The van der Waals surface area contributed by atoms with E-state index in [1.807, 2.05) is 12.1 Å². The van der Waals surface area contributed by atoms with Crippen LogP contribution in [-0.2, 0) is 6.42 Å². The molecular formula is C21H24FNO. The number of halogens is 1. The lowest BCUT2D eigenvalue weighted by Gasteiger charge is -2.08.